The van der Waals surface area contributed by atoms with Gasteiger partial charge in [-0.05, 0) is 63.7 Å². The lowest BCUT2D eigenvalue weighted by Gasteiger charge is -2.34. The minimum atomic E-state index is -0.345. The zero-order valence-corrected chi connectivity index (χ0v) is 20.0. The maximum Gasteiger partial charge on any atom is 0.225 e. The Kier molecular flexibility index (Phi) is 6.33. The Morgan fingerprint density at radius 2 is 1.74 bits per heavy atom. The van der Waals surface area contributed by atoms with Crippen molar-refractivity contribution >= 4 is 50.8 Å². The summed E-state index contributed by atoms with van der Waals surface area (Å²) in [5, 5.41) is 3.85. The fraction of sp³-hybridized carbons (Fsp3) is 0.304. The SMILES string of the molecule is COc1cc(C2CC(=O)NC3=C2C(=O)CC(c2ccc(Cl)c(Cl)c2)C3)cc(Br)c1OC. The number of halogens is 3. The normalized spacial score (nSPS) is 20.9. The number of hydrogen-bond acceptors (Lipinski definition) is 4. The molecule has 0 bridgehead atoms. The Morgan fingerprint density at radius 1 is 0.968 bits per heavy atom. The van der Waals surface area contributed by atoms with Gasteiger partial charge in [-0.3, -0.25) is 9.59 Å². The first kappa shape index (κ1) is 22.2. The Labute approximate surface area is 198 Å². The Bertz CT molecular complexity index is 1110. The number of hydrogen-bond donors (Lipinski definition) is 1. The van der Waals surface area contributed by atoms with E-state index in [2.05, 4.69) is 21.2 Å². The molecule has 162 valence electrons. The van der Waals surface area contributed by atoms with Crippen LogP contribution in [0.1, 0.15) is 42.2 Å². The summed E-state index contributed by atoms with van der Waals surface area (Å²) >= 11 is 15.7. The minimum absolute atomic E-state index is 0.0215. The molecule has 31 heavy (non-hydrogen) atoms. The second-order valence-electron chi connectivity index (χ2n) is 7.64. The minimum Gasteiger partial charge on any atom is -0.493 e. The van der Waals surface area contributed by atoms with E-state index in [-0.39, 0.29) is 29.9 Å². The van der Waals surface area contributed by atoms with E-state index in [1.807, 2.05) is 18.2 Å². The first-order chi connectivity index (χ1) is 14.8. The van der Waals surface area contributed by atoms with E-state index in [0.29, 0.717) is 50.1 Å². The predicted octanol–water partition coefficient (Wildman–Crippen LogP) is 5.78. The zero-order chi connectivity index (χ0) is 22.3. The molecule has 0 fully saturated rings. The van der Waals surface area contributed by atoms with E-state index in [0.717, 1.165) is 11.1 Å². The molecule has 0 saturated carbocycles. The van der Waals surface area contributed by atoms with Gasteiger partial charge in [0.1, 0.15) is 0 Å². The molecule has 4 rings (SSSR count). The lowest BCUT2D eigenvalue weighted by atomic mass is 9.73. The highest BCUT2D eigenvalue weighted by molar-refractivity contribution is 9.10. The molecule has 1 aliphatic heterocycles. The van der Waals surface area contributed by atoms with Crippen LogP contribution in [-0.4, -0.2) is 25.9 Å². The molecule has 2 aromatic carbocycles. The number of ketones is 1. The number of carbonyl (C=O) groups is 2. The number of methoxy groups -OCH3 is 2. The molecule has 0 aromatic heterocycles. The summed E-state index contributed by atoms with van der Waals surface area (Å²) in [5.41, 5.74) is 3.10. The third kappa shape index (κ3) is 4.21. The first-order valence-corrected chi connectivity index (χ1v) is 11.3. The van der Waals surface area contributed by atoms with E-state index in [1.165, 1.54) is 0 Å². The molecule has 5 nitrogen and oxygen atoms in total. The van der Waals surface area contributed by atoms with Gasteiger partial charge in [-0.2, -0.15) is 0 Å². The van der Waals surface area contributed by atoms with Gasteiger partial charge < -0.3 is 14.8 Å². The molecule has 0 saturated heterocycles. The second-order valence-corrected chi connectivity index (χ2v) is 9.31. The van der Waals surface area contributed by atoms with E-state index >= 15 is 0 Å². The van der Waals surface area contributed by atoms with E-state index in [4.69, 9.17) is 32.7 Å². The van der Waals surface area contributed by atoms with Crippen LogP contribution in [0.3, 0.4) is 0 Å². The quantitative estimate of drug-likeness (QED) is 0.550. The maximum absolute atomic E-state index is 13.3. The van der Waals surface area contributed by atoms with E-state index in [9.17, 15) is 9.59 Å². The van der Waals surface area contributed by atoms with Crippen molar-refractivity contribution in [2.45, 2.75) is 31.1 Å². The van der Waals surface area contributed by atoms with Crippen molar-refractivity contribution < 1.29 is 19.1 Å². The molecular formula is C23H20BrCl2NO4. The van der Waals surface area contributed by atoms with E-state index < -0.39 is 0 Å². The highest BCUT2D eigenvalue weighted by Crippen LogP contribution is 2.46. The lowest BCUT2D eigenvalue weighted by molar-refractivity contribution is -0.122. The molecule has 1 N–H and O–H groups in total. The topological polar surface area (TPSA) is 64.6 Å². The van der Waals surface area contributed by atoms with Crippen LogP contribution >= 0.6 is 39.1 Å². The second kappa shape index (κ2) is 8.85. The van der Waals surface area contributed by atoms with Crippen molar-refractivity contribution in [1.29, 1.82) is 0 Å². The molecule has 2 aliphatic rings. The van der Waals surface area contributed by atoms with Crippen molar-refractivity contribution in [3.05, 3.63) is 67.2 Å². The predicted molar refractivity (Wildman–Crippen MR) is 123 cm³/mol. The molecule has 2 aromatic rings. The summed E-state index contributed by atoms with van der Waals surface area (Å²) < 4.78 is 11.5. The lowest BCUT2D eigenvalue weighted by Crippen LogP contribution is -2.38. The standard InChI is InChI=1S/C23H20BrCl2NO4/c1-30-20-9-13(5-15(24)23(20)31-2)14-10-21(29)27-18-7-12(8-19(28)22(14)18)11-3-4-16(25)17(26)6-11/h3-6,9,12,14H,7-8,10H2,1-2H3,(H,27,29). The van der Waals surface area contributed by atoms with Gasteiger partial charge in [-0.1, -0.05) is 29.3 Å². The summed E-state index contributed by atoms with van der Waals surface area (Å²) in [6.07, 6.45) is 1.09. The number of carbonyl (C=O) groups excluding carboxylic acids is 2. The van der Waals surface area contributed by atoms with E-state index in [1.54, 1.807) is 26.4 Å². The summed E-state index contributed by atoms with van der Waals surface area (Å²) in [6, 6.07) is 9.12. The average Bonchev–Trinajstić information content (AvgIpc) is 2.74. The highest BCUT2D eigenvalue weighted by atomic mass is 79.9. The van der Waals surface area contributed by atoms with Crippen LogP contribution in [0.5, 0.6) is 11.5 Å². The summed E-state index contributed by atoms with van der Waals surface area (Å²) in [5.74, 6) is 0.595. The Morgan fingerprint density at radius 3 is 2.42 bits per heavy atom. The van der Waals surface area contributed by atoms with Crippen LogP contribution in [0.25, 0.3) is 0 Å². The number of Topliss-reactive ketones (excluding diaryl/α,β-unsaturated/α-hetero) is 1. The zero-order valence-electron chi connectivity index (χ0n) is 16.9. The molecule has 0 spiro atoms. The fourth-order valence-electron chi connectivity index (χ4n) is 4.39. The molecule has 1 aliphatic carbocycles. The van der Waals surface area contributed by atoms with Gasteiger partial charge in [0.05, 0.1) is 28.7 Å². The molecular weight excluding hydrogens is 505 g/mol. The summed E-state index contributed by atoms with van der Waals surface area (Å²) in [6.45, 7) is 0. The highest BCUT2D eigenvalue weighted by Gasteiger charge is 2.38. The van der Waals surface area contributed by atoms with Crippen LogP contribution in [0, 0.1) is 0 Å². The number of nitrogens with one attached hydrogen (secondary N) is 1. The molecule has 1 heterocycles. The smallest absolute Gasteiger partial charge is 0.225 e. The number of allylic oxidation sites excluding steroid dienone is 2. The van der Waals surface area contributed by atoms with Crippen molar-refractivity contribution in [2.75, 3.05) is 14.2 Å². The Balaban J connectivity index is 1.74. The van der Waals surface area contributed by atoms with Crippen LogP contribution in [-0.2, 0) is 9.59 Å². The number of rotatable bonds is 4. The third-order valence-corrected chi connectivity index (χ3v) is 7.14. The van der Waals surface area contributed by atoms with Gasteiger partial charge in [0.2, 0.25) is 5.91 Å². The van der Waals surface area contributed by atoms with Gasteiger partial charge in [0, 0.05) is 30.0 Å². The summed E-state index contributed by atoms with van der Waals surface area (Å²) in [4.78, 5) is 25.8. The maximum atomic E-state index is 13.3. The van der Waals surface area contributed by atoms with Crippen LogP contribution in [0.15, 0.2) is 46.1 Å². The van der Waals surface area contributed by atoms with Gasteiger partial charge >= 0.3 is 0 Å². The van der Waals surface area contributed by atoms with Crippen molar-refractivity contribution in [1.82, 2.24) is 5.32 Å². The molecule has 1 amide bonds. The third-order valence-electron chi connectivity index (χ3n) is 5.81. The molecule has 2 unspecified atom stereocenters. The monoisotopic (exact) mass is 523 g/mol. The molecule has 0 radical (unpaired) electrons. The van der Waals surface area contributed by atoms with Gasteiger partial charge in [0.25, 0.3) is 0 Å². The number of ether oxygens (including phenoxy) is 2. The number of benzene rings is 2. The van der Waals surface area contributed by atoms with Crippen molar-refractivity contribution in [3.63, 3.8) is 0 Å². The number of amides is 1. The largest absolute Gasteiger partial charge is 0.493 e. The Hall–Kier alpha value is -2.02. The van der Waals surface area contributed by atoms with Gasteiger partial charge in [0.15, 0.2) is 17.3 Å². The fourth-order valence-corrected chi connectivity index (χ4v) is 5.31. The van der Waals surface area contributed by atoms with Crippen LogP contribution in [0.4, 0.5) is 0 Å². The first-order valence-electron chi connectivity index (χ1n) is 9.74. The van der Waals surface area contributed by atoms with Gasteiger partial charge in [-0.15, -0.1) is 0 Å². The van der Waals surface area contributed by atoms with Gasteiger partial charge in [-0.25, -0.2) is 0 Å². The van der Waals surface area contributed by atoms with Crippen molar-refractivity contribution in [2.24, 2.45) is 0 Å². The van der Waals surface area contributed by atoms with Crippen molar-refractivity contribution in [3.8, 4) is 11.5 Å². The van der Waals surface area contributed by atoms with Crippen LogP contribution in [0.2, 0.25) is 10.0 Å². The van der Waals surface area contributed by atoms with Crippen LogP contribution < -0.4 is 14.8 Å². The summed E-state index contributed by atoms with van der Waals surface area (Å²) in [7, 11) is 3.12. The molecule has 2 atom stereocenters. The average molecular weight is 525 g/mol. The molecule has 8 heteroatoms.